The Hall–Kier alpha value is -0.130. The third-order valence-corrected chi connectivity index (χ3v) is 4.02. The molecule has 0 radical (unpaired) electrons. The van der Waals surface area contributed by atoms with Crippen LogP contribution in [0.4, 0.5) is 0 Å². The molecule has 15 heavy (non-hydrogen) atoms. The van der Waals surface area contributed by atoms with Crippen LogP contribution in [-0.2, 0) is 14.6 Å². The summed E-state index contributed by atoms with van der Waals surface area (Å²) in [5.41, 5.74) is 0. The third-order valence-electron chi connectivity index (χ3n) is 2.23. The molecule has 1 atom stereocenters. The third kappa shape index (κ3) is 8.84. The molecule has 0 amide bonds. The normalized spacial score (nSPS) is 14.1. The molecular formula is C10H22O4S. The Morgan fingerprint density at radius 2 is 1.93 bits per heavy atom. The summed E-state index contributed by atoms with van der Waals surface area (Å²) in [6.45, 7) is 4.73. The van der Waals surface area contributed by atoms with E-state index in [9.17, 15) is 13.5 Å². The van der Waals surface area contributed by atoms with E-state index in [0.717, 1.165) is 0 Å². The van der Waals surface area contributed by atoms with Crippen molar-refractivity contribution in [3.63, 3.8) is 0 Å². The summed E-state index contributed by atoms with van der Waals surface area (Å²) in [6.07, 6.45) is 1.21. The topological polar surface area (TPSA) is 63.6 Å². The number of rotatable bonds is 9. The highest BCUT2D eigenvalue weighted by molar-refractivity contribution is 7.91. The van der Waals surface area contributed by atoms with Crippen LogP contribution in [-0.4, -0.2) is 44.3 Å². The molecule has 0 aliphatic heterocycles. The molecule has 0 heterocycles. The van der Waals surface area contributed by atoms with Gasteiger partial charge in [0.15, 0.2) is 0 Å². The van der Waals surface area contributed by atoms with E-state index in [1.54, 1.807) is 6.92 Å². The summed E-state index contributed by atoms with van der Waals surface area (Å²) in [7, 11) is -2.88. The van der Waals surface area contributed by atoms with Gasteiger partial charge in [0.1, 0.15) is 9.84 Å². The highest BCUT2D eigenvalue weighted by Crippen LogP contribution is 2.04. The van der Waals surface area contributed by atoms with E-state index < -0.39 is 15.9 Å². The van der Waals surface area contributed by atoms with Gasteiger partial charge in [-0.05, 0) is 26.2 Å². The summed E-state index contributed by atoms with van der Waals surface area (Å²) in [6, 6.07) is 0. The maximum Gasteiger partial charge on any atom is 0.150 e. The van der Waals surface area contributed by atoms with Gasteiger partial charge in [-0.25, -0.2) is 8.42 Å². The van der Waals surface area contributed by atoms with Crippen LogP contribution in [0.3, 0.4) is 0 Å². The van der Waals surface area contributed by atoms with E-state index in [-0.39, 0.29) is 11.5 Å². The molecule has 0 aliphatic carbocycles. The molecule has 0 fully saturated rings. The second-order valence-electron chi connectivity index (χ2n) is 3.52. The minimum absolute atomic E-state index is 0.176. The molecule has 4 nitrogen and oxygen atoms in total. The van der Waals surface area contributed by atoms with Crippen molar-refractivity contribution in [2.24, 2.45) is 0 Å². The molecule has 1 N–H and O–H groups in total. The lowest BCUT2D eigenvalue weighted by atomic mass is 10.1. The van der Waals surface area contributed by atoms with Crippen LogP contribution in [0.1, 0.15) is 33.1 Å². The number of aliphatic hydroxyl groups excluding tert-OH is 1. The van der Waals surface area contributed by atoms with Crippen molar-refractivity contribution >= 4 is 9.84 Å². The predicted octanol–water partition coefficient (Wildman–Crippen LogP) is 0.989. The zero-order chi connectivity index (χ0) is 11.7. The van der Waals surface area contributed by atoms with Crippen molar-refractivity contribution in [3.05, 3.63) is 0 Å². The molecule has 5 heteroatoms. The van der Waals surface area contributed by atoms with Gasteiger partial charge in [-0.2, -0.15) is 0 Å². The van der Waals surface area contributed by atoms with Crippen LogP contribution in [0.25, 0.3) is 0 Å². The fourth-order valence-electron chi connectivity index (χ4n) is 1.19. The van der Waals surface area contributed by atoms with Crippen LogP contribution >= 0.6 is 0 Å². The minimum atomic E-state index is -2.88. The summed E-state index contributed by atoms with van der Waals surface area (Å²) in [4.78, 5) is 0. The molecule has 1 unspecified atom stereocenters. The first-order chi connectivity index (χ1) is 7.02. The molecule has 92 valence electrons. The molecule has 0 saturated heterocycles. The van der Waals surface area contributed by atoms with E-state index >= 15 is 0 Å². The molecule has 0 saturated carbocycles. The van der Waals surface area contributed by atoms with Crippen molar-refractivity contribution in [1.29, 1.82) is 0 Å². The van der Waals surface area contributed by atoms with Gasteiger partial charge in [-0.3, -0.25) is 0 Å². The molecule has 0 spiro atoms. The van der Waals surface area contributed by atoms with Gasteiger partial charge >= 0.3 is 0 Å². The van der Waals surface area contributed by atoms with Crippen molar-refractivity contribution in [3.8, 4) is 0 Å². The average Bonchev–Trinajstić information content (AvgIpc) is 2.18. The van der Waals surface area contributed by atoms with E-state index in [0.29, 0.717) is 32.5 Å². The first-order valence-electron chi connectivity index (χ1n) is 5.48. The van der Waals surface area contributed by atoms with E-state index in [1.165, 1.54) is 0 Å². The Morgan fingerprint density at radius 1 is 1.27 bits per heavy atom. The Morgan fingerprint density at radius 3 is 2.47 bits per heavy atom. The maximum atomic E-state index is 11.1. The lowest BCUT2D eigenvalue weighted by Gasteiger charge is -2.09. The van der Waals surface area contributed by atoms with Gasteiger partial charge in [0, 0.05) is 19.0 Å². The molecule has 0 aromatic heterocycles. The van der Waals surface area contributed by atoms with Gasteiger partial charge in [0.25, 0.3) is 0 Å². The fourth-order valence-corrected chi connectivity index (χ4v) is 2.09. The van der Waals surface area contributed by atoms with Crippen molar-refractivity contribution in [1.82, 2.24) is 0 Å². The van der Waals surface area contributed by atoms with Crippen LogP contribution in [0.15, 0.2) is 0 Å². The number of ether oxygens (including phenoxy) is 1. The van der Waals surface area contributed by atoms with Crippen LogP contribution in [0.2, 0.25) is 0 Å². The predicted molar refractivity (Wildman–Crippen MR) is 60.7 cm³/mol. The largest absolute Gasteiger partial charge is 0.393 e. The molecule has 0 aliphatic rings. The summed E-state index contributed by atoms with van der Waals surface area (Å²) in [5, 5.41) is 9.47. The SMILES string of the molecule is CCOCCC(O)CCCS(=O)(=O)CC. The van der Waals surface area contributed by atoms with Gasteiger partial charge in [0.05, 0.1) is 11.9 Å². The molecule has 0 bridgehead atoms. The lowest BCUT2D eigenvalue weighted by molar-refractivity contribution is 0.0841. The number of aliphatic hydroxyl groups is 1. The quantitative estimate of drug-likeness (QED) is 0.608. The summed E-state index contributed by atoms with van der Waals surface area (Å²) < 4.78 is 27.4. The number of sulfone groups is 1. The van der Waals surface area contributed by atoms with E-state index in [1.807, 2.05) is 6.92 Å². The first-order valence-corrected chi connectivity index (χ1v) is 7.30. The fraction of sp³-hybridized carbons (Fsp3) is 1.00. The number of hydrogen-bond donors (Lipinski definition) is 1. The van der Waals surface area contributed by atoms with Crippen LogP contribution in [0, 0.1) is 0 Å². The van der Waals surface area contributed by atoms with Crippen molar-refractivity contribution < 1.29 is 18.3 Å². The Labute approximate surface area is 92.6 Å². The highest BCUT2D eigenvalue weighted by Gasteiger charge is 2.09. The number of hydrogen-bond acceptors (Lipinski definition) is 4. The Balaban J connectivity index is 3.50. The second kappa shape index (κ2) is 8.07. The molecule has 0 rings (SSSR count). The van der Waals surface area contributed by atoms with Gasteiger partial charge in [-0.15, -0.1) is 0 Å². The Bertz CT molecular complexity index is 236. The zero-order valence-corrected chi connectivity index (χ0v) is 10.4. The van der Waals surface area contributed by atoms with E-state index in [2.05, 4.69) is 0 Å². The molecule has 0 aromatic rings. The second-order valence-corrected chi connectivity index (χ2v) is 5.99. The minimum Gasteiger partial charge on any atom is -0.393 e. The van der Waals surface area contributed by atoms with Crippen molar-refractivity contribution in [2.45, 2.75) is 39.2 Å². The first kappa shape index (κ1) is 14.9. The van der Waals surface area contributed by atoms with Gasteiger partial charge < -0.3 is 9.84 Å². The van der Waals surface area contributed by atoms with Crippen LogP contribution in [0.5, 0.6) is 0 Å². The molecular weight excluding hydrogens is 216 g/mol. The average molecular weight is 238 g/mol. The Kier molecular flexibility index (Phi) is 8.00. The molecule has 0 aromatic carbocycles. The van der Waals surface area contributed by atoms with E-state index in [4.69, 9.17) is 4.74 Å². The summed E-state index contributed by atoms with van der Waals surface area (Å²) >= 11 is 0. The van der Waals surface area contributed by atoms with Crippen molar-refractivity contribution in [2.75, 3.05) is 24.7 Å². The lowest BCUT2D eigenvalue weighted by Crippen LogP contribution is -2.14. The standard InChI is InChI=1S/C10H22O4S/c1-3-14-8-7-10(11)6-5-9-15(12,13)4-2/h10-11H,3-9H2,1-2H3. The highest BCUT2D eigenvalue weighted by atomic mass is 32.2. The smallest absolute Gasteiger partial charge is 0.150 e. The zero-order valence-electron chi connectivity index (χ0n) is 9.61. The van der Waals surface area contributed by atoms with Crippen LogP contribution < -0.4 is 0 Å². The monoisotopic (exact) mass is 238 g/mol. The van der Waals surface area contributed by atoms with Gasteiger partial charge in [-0.1, -0.05) is 6.92 Å². The maximum absolute atomic E-state index is 11.1. The van der Waals surface area contributed by atoms with Gasteiger partial charge in [0.2, 0.25) is 0 Å². The summed E-state index contributed by atoms with van der Waals surface area (Å²) in [5.74, 6) is 0.358.